The molecule has 14 heavy (non-hydrogen) atoms. The van der Waals surface area contributed by atoms with Gasteiger partial charge in [0.25, 0.3) is 0 Å². The van der Waals surface area contributed by atoms with E-state index in [0.717, 1.165) is 5.56 Å². The Balaban J connectivity index is 2.09. The standard InChI is InChI=1S/C10H10FNO2/c11-8-3-1-7(2-4-8)9-6-14-10(5-13)12-9/h1-5,9-10,12H,6H2. The maximum Gasteiger partial charge on any atom is 0.165 e. The summed E-state index contributed by atoms with van der Waals surface area (Å²) in [6, 6.07) is 6.13. The predicted octanol–water partition coefficient (Wildman–Crippen LogP) is 1.01. The van der Waals surface area contributed by atoms with E-state index in [4.69, 9.17) is 4.74 Å². The number of hydrogen-bond donors (Lipinski definition) is 1. The maximum atomic E-state index is 12.6. The zero-order valence-electron chi connectivity index (χ0n) is 7.44. The van der Waals surface area contributed by atoms with Crippen LogP contribution >= 0.6 is 0 Å². The van der Waals surface area contributed by atoms with Gasteiger partial charge in [0, 0.05) is 0 Å². The summed E-state index contributed by atoms with van der Waals surface area (Å²) in [5.41, 5.74) is 0.927. The van der Waals surface area contributed by atoms with Crippen LogP contribution < -0.4 is 5.32 Å². The van der Waals surface area contributed by atoms with Crippen LogP contribution in [0.15, 0.2) is 24.3 Å². The molecule has 74 valence electrons. The topological polar surface area (TPSA) is 38.3 Å². The van der Waals surface area contributed by atoms with Crippen molar-refractivity contribution >= 4 is 6.29 Å². The van der Waals surface area contributed by atoms with Gasteiger partial charge in [-0.15, -0.1) is 0 Å². The minimum atomic E-state index is -0.537. The van der Waals surface area contributed by atoms with Gasteiger partial charge in [0.15, 0.2) is 12.5 Å². The maximum absolute atomic E-state index is 12.6. The third-order valence-corrected chi connectivity index (χ3v) is 2.20. The van der Waals surface area contributed by atoms with Crippen LogP contribution in [0.25, 0.3) is 0 Å². The Morgan fingerprint density at radius 1 is 1.43 bits per heavy atom. The third-order valence-electron chi connectivity index (χ3n) is 2.20. The molecule has 0 radical (unpaired) electrons. The largest absolute Gasteiger partial charge is 0.354 e. The molecule has 1 aliphatic rings. The van der Waals surface area contributed by atoms with Crippen molar-refractivity contribution in [3.05, 3.63) is 35.6 Å². The van der Waals surface area contributed by atoms with E-state index in [9.17, 15) is 9.18 Å². The van der Waals surface area contributed by atoms with Gasteiger partial charge >= 0.3 is 0 Å². The zero-order valence-corrected chi connectivity index (χ0v) is 7.44. The molecule has 1 aromatic carbocycles. The molecule has 2 rings (SSSR count). The van der Waals surface area contributed by atoms with Crippen molar-refractivity contribution in [1.82, 2.24) is 5.32 Å². The first kappa shape index (κ1) is 9.30. The lowest BCUT2D eigenvalue weighted by atomic mass is 10.1. The number of aldehydes is 1. The predicted molar refractivity (Wildman–Crippen MR) is 48.1 cm³/mol. The second-order valence-electron chi connectivity index (χ2n) is 3.16. The van der Waals surface area contributed by atoms with E-state index in [1.54, 1.807) is 12.1 Å². The highest BCUT2D eigenvalue weighted by atomic mass is 19.1. The normalized spacial score (nSPS) is 26.4. The van der Waals surface area contributed by atoms with Gasteiger partial charge in [-0.25, -0.2) is 4.39 Å². The van der Waals surface area contributed by atoms with E-state index in [1.807, 2.05) is 0 Å². The van der Waals surface area contributed by atoms with Gasteiger partial charge in [-0.05, 0) is 17.7 Å². The van der Waals surface area contributed by atoms with Crippen molar-refractivity contribution in [2.75, 3.05) is 6.61 Å². The summed E-state index contributed by atoms with van der Waals surface area (Å²) in [5, 5.41) is 2.96. The third kappa shape index (κ3) is 1.81. The lowest BCUT2D eigenvalue weighted by molar-refractivity contribution is -0.116. The Morgan fingerprint density at radius 3 is 2.71 bits per heavy atom. The Morgan fingerprint density at radius 2 is 2.14 bits per heavy atom. The second-order valence-corrected chi connectivity index (χ2v) is 3.16. The van der Waals surface area contributed by atoms with Gasteiger partial charge in [0.2, 0.25) is 0 Å². The molecule has 2 atom stereocenters. The fourth-order valence-corrected chi connectivity index (χ4v) is 1.46. The zero-order chi connectivity index (χ0) is 9.97. The first-order chi connectivity index (χ1) is 6.79. The minimum absolute atomic E-state index is 0.0224. The average molecular weight is 195 g/mol. The summed E-state index contributed by atoms with van der Waals surface area (Å²) < 4.78 is 17.7. The molecule has 3 nitrogen and oxygen atoms in total. The van der Waals surface area contributed by atoms with Gasteiger partial charge in [0.1, 0.15) is 5.82 Å². The molecule has 1 N–H and O–H groups in total. The molecule has 4 heteroatoms. The Kier molecular flexibility index (Phi) is 2.56. The van der Waals surface area contributed by atoms with E-state index in [0.29, 0.717) is 12.9 Å². The Labute approximate surface area is 80.9 Å². The summed E-state index contributed by atoms with van der Waals surface area (Å²) in [6.45, 7) is 0.440. The van der Waals surface area contributed by atoms with E-state index in [-0.39, 0.29) is 11.9 Å². The number of carbonyl (C=O) groups is 1. The second kappa shape index (κ2) is 3.86. The van der Waals surface area contributed by atoms with Crippen molar-refractivity contribution < 1.29 is 13.9 Å². The Bertz CT molecular complexity index is 325. The highest BCUT2D eigenvalue weighted by molar-refractivity contribution is 5.56. The van der Waals surface area contributed by atoms with E-state index in [2.05, 4.69) is 5.32 Å². The molecule has 2 unspecified atom stereocenters. The van der Waals surface area contributed by atoms with Gasteiger partial charge in [-0.3, -0.25) is 10.1 Å². The van der Waals surface area contributed by atoms with Crippen molar-refractivity contribution in [1.29, 1.82) is 0 Å². The van der Waals surface area contributed by atoms with Crippen LogP contribution in [0.3, 0.4) is 0 Å². The van der Waals surface area contributed by atoms with Gasteiger partial charge < -0.3 is 4.74 Å². The molecule has 1 aliphatic heterocycles. The van der Waals surface area contributed by atoms with Crippen LogP contribution in [0.4, 0.5) is 4.39 Å². The fraction of sp³-hybridized carbons (Fsp3) is 0.300. The summed E-state index contributed by atoms with van der Waals surface area (Å²) in [5.74, 6) is -0.264. The molecular weight excluding hydrogens is 185 g/mol. The number of halogens is 1. The van der Waals surface area contributed by atoms with Crippen molar-refractivity contribution in [2.45, 2.75) is 12.3 Å². The molecule has 0 aromatic heterocycles. The molecule has 0 saturated carbocycles. The van der Waals surface area contributed by atoms with Crippen LogP contribution in [0.5, 0.6) is 0 Å². The SMILES string of the molecule is O=CC1NC(c2ccc(F)cc2)CO1. The molecule has 0 aliphatic carbocycles. The monoisotopic (exact) mass is 195 g/mol. The first-order valence-corrected chi connectivity index (χ1v) is 4.38. The summed E-state index contributed by atoms with van der Waals surface area (Å²) in [4.78, 5) is 10.4. The number of rotatable bonds is 2. The number of benzene rings is 1. The van der Waals surface area contributed by atoms with Crippen LogP contribution in [0.2, 0.25) is 0 Å². The summed E-state index contributed by atoms with van der Waals surface area (Å²) in [6.07, 6.45) is 0.175. The van der Waals surface area contributed by atoms with Crippen LogP contribution in [-0.2, 0) is 9.53 Å². The molecule has 0 bridgehead atoms. The van der Waals surface area contributed by atoms with E-state index >= 15 is 0 Å². The number of hydrogen-bond acceptors (Lipinski definition) is 3. The lowest BCUT2D eigenvalue weighted by Crippen LogP contribution is -2.26. The summed E-state index contributed by atoms with van der Waals surface area (Å²) in [7, 11) is 0. The molecule has 1 fully saturated rings. The highest BCUT2D eigenvalue weighted by Crippen LogP contribution is 2.19. The molecule has 1 heterocycles. The van der Waals surface area contributed by atoms with Gasteiger partial charge in [-0.2, -0.15) is 0 Å². The lowest BCUT2D eigenvalue weighted by Gasteiger charge is -2.08. The average Bonchev–Trinajstić information content (AvgIpc) is 2.67. The van der Waals surface area contributed by atoms with Crippen molar-refractivity contribution in [3.8, 4) is 0 Å². The van der Waals surface area contributed by atoms with Crippen LogP contribution in [0, 0.1) is 5.82 Å². The van der Waals surface area contributed by atoms with Crippen molar-refractivity contribution in [2.24, 2.45) is 0 Å². The molecular formula is C10H10FNO2. The highest BCUT2D eigenvalue weighted by Gasteiger charge is 2.24. The molecule has 1 saturated heterocycles. The minimum Gasteiger partial charge on any atom is -0.354 e. The molecule has 0 spiro atoms. The fourth-order valence-electron chi connectivity index (χ4n) is 1.46. The number of nitrogens with one attached hydrogen (secondary N) is 1. The molecule has 1 aromatic rings. The van der Waals surface area contributed by atoms with E-state index < -0.39 is 6.23 Å². The van der Waals surface area contributed by atoms with Crippen LogP contribution in [-0.4, -0.2) is 19.1 Å². The number of ether oxygens (including phenoxy) is 1. The first-order valence-electron chi connectivity index (χ1n) is 4.38. The van der Waals surface area contributed by atoms with Crippen LogP contribution in [0.1, 0.15) is 11.6 Å². The number of carbonyl (C=O) groups excluding carboxylic acids is 1. The van der Waals surface area contributed by atoms with E-state index in [1.165, 1.54) is 12.1 Å². The molecule has 0 amide bonds. The van der Waals surface area contributed by atoms with Gasteiger partial charge in [-0.1, -0.05) is 12.1 Å². The summed E-state index contributed by atoms with van der Waals surface area (Å²) >= 11 is 0. The van der Waals surface area contributed by atoms with Gasteiger partial charge in [0.05, 0.1) is 12.6 Å². The smallest absolute Gasteiger partial charge is 0.165 e. The Hall–Kier alpha value is -1.26. The van der Waals surface area contributed by atoms with Crippen molar-refractivity contribution in [3.63, 3.8) is 0 Å². The quantitative estimate of drug-likeness (QED) is 0.716.